The minimum absolute atomic E-state index is 0.946. The van der Waals surface area contributed by atoms with E-state index in [4.69, 9.17) is 0 Å². The molecule has 52 valence electrons. The zero-order chi connectivity index (χ0) is 6.81. The van der Waals surface area contributed by atoms with E-state index in [0.29, 0.717) is 0 Å². The molecule has 0 saturated carbocycles. The summed E-state index contributed by atoms with van der Waals surface area (Å²) in [5, 5.41) is 0. The molecule has 0 aromatic carbocycles. The molecule has 0 aromatic rings. The van der Waals surface area contributed by atoms with Gasteiger partial charge in [-0.3, -0.25) is 0 Å². The van der Waals surface area contributed by atoms with Gasteiger partial charge in [-0.2, -0.15) is 0 Å². The molecule has 0 unspecified atom stereocenters. The first-order valence-corrected chi connectivity index (χ1v) is 17.4. The predicted molar refractivity (Wildman–Crippen MR) is 48.3 cm³/mol. The molecule has 1 heterocycles. The average Bonchev–Trinajstić information content (AvgIpc) is 2.59. The fourth-order valence-electron chi connectivity index (χ4n) is 0.710. The molecule has 0 amide bonds. The van der Waals surface area contributed by atoms with Crippen LogP contribution in [0.4, 0.5) is 0 Å². The Bertz CT molecular complexity index is 204. The Morgan fingerprint density at radius 2 is 1.50 bits per heavy atom. The fraction of sp³-hybridized carbons (Fsp3) is 0. The molecule has 0 N–H and O–H groups in total. The first kappa shape index (κ1) is 7.92. The second-order valence-electron chi connectivity index (χ2n) is 1.76. The van der Waals surface area contributed by atoms with Gasteiger partial charge in [-0.15, -0.1) is 0 Å². The Labute approximate surface area is 81.3 Å². The van der Waals surface area contributed by atoms with Gasteiger partial charge in [-0.25, -0.2) is 0 Å². The maximum absolute atomic E-state index is 2.27. The first-order chi connectivity index (χ1) is 4.97. The van der Waals surface area contributed by atoms with E-state index in [1.807, 2.05) is 3.37 Å². The summed E-state index contributed by atoms with van der Waals surface area (Å²) >= 11 is 4.04. The second kappa shape index (κ2) is 3.80. The number of rotatable bonds is 0. The van der Waals surface area contributed by atoms with E-state index in [1.54, 1.807) is 5.57 Å². The molecule has 4 heteroatoms. The van der Waals surface area contributed by atoms with E-state index in [-0.39, 0.29) is 0 Å². The van der Waals surface area contributed by atoms with Crippen molar-refractivity contribution < 1.29 is 0 Å². The van der Waals surface area contributed by atoms with Crippen LogP contribution in [0.3, 0.4) is 0 Å². The van der Waals surface area contributed by atoms with E-state index in [1.165, 1.54) is 0 Å². The van der Waals surface area contributed by atoms with Crippen LogP contribution >= 0.6 is 0 Å². The van der Waals surface area contributed by atoms with E-state index in [9.17, 15) is 0 Å². The molecule has 0 bridgehead atoms. The van der Waals surface area contributed by atoms with Crippen LogP contribution in [0.5, 0.6) is 0 Å². The zero-order valence-corrected chi connectivity index (χ0v) is 11.8. The molecule has 10 heavy (non-hydrogen) atoms. The van der Waals surface area contributed by atoms with Crippen molar-refractivity contribution in [2.45, 2.75) is 0 Å². The molecular weight excluding hydrogens is 388 g/mol. The molecule has 0 spiro atoms. The van der Waals surface area contributed by atoms with Crippen molar-refractivity contribution in [2.75, 3.05) is 0 Å². The Balaban J connectivity index is 2.26. The van der Waals surface area contributed by atoms with Crippen LogP contribution in [0.1, 0.15) is 0 Å². The first-order valence-electron chi connectivity index (χ1n) is 2.74. The number of allylic oxidation sites excluding steroid dienone is 5. The van der Waals surface area contributed by atoms with Crippen LogP contribution in [0.2, 0.25) is 0 Å². The van der Waals surface area contributed by atoms with Crippen LogP contribution in [-0.2, 0) is 0 Å². The normalized spacial score (nSPS) is 23.2. The van der Waals surface area contributed by atoms with Gasteiger partial charge in [0.2, 0.25) is 0 Å². The van der Waals surface area contributed by atoms with Crippen molar-refractivity contribution >= 4 is 48.9 Å². The average molecular weight is 392 g/mol. The van der Waals surface area contributed by atoms with Gasteiger partial charge in [0.05, 0.1) is 0 Å². The van der Waals surface area contributed by atoms with Crippen LogP contribution in [0, 0.1) is 0 Å². The van der Waals surface area contributed by atoms with Crippen molar-refractivity contribution in [1.29, 1.82) is 0 Å². The minimum atomic E-state index is 0.946. The SMILES string of the molecule is C1=CC(=C2[Se][Se][Se][Se]2)C=C1. The van der Waals surface area contributed by atoms with E-state index in [2.05, 4.69) is 24.3 Å². The molecule has 1 fully saturated rings. The summed E-state index contributed by atoms with van der Waals surface area (Å²) in [5.41, 5.74) is 1.57. The van der Waals surface area contributed by atoms with Gasteiger partial charge in [0.15, 0.2) is 0 Å². The molecule has 0 radical (unpaired) electrons. The maximum atomic E-state index is 2.27. The molecule has 2 rings (SSSR count). The summed E-state index contributed by atoms with van der Waals surface area (Å²) in [6, 6.07) is 0. The molecule has 1 aliphatic heterocycles. The van der Waals surface area contributed by atoms with Crippen LogP contribution < -0.4 is 0 Å². The summed E-state index contributed by atoms with van der Waals surface area (Å²) in [6.07, 6.45) is 8.87. The molecular formula is C6H4Se4. The van der Waals surface area contributed by atoms with Gasteiger partial charge >= 0.3 is 82.1 Å². The van der Waals surface area contributed by atoms with Gasteiger partial charge in [0.1, 0.15) is 0 Å². The van der Waals surface area contributed by atoms with Crippen LogP contribution in [0.15, 0.2) is 33.2 Å². The third-order valence-electron chi connectivity index (χ3n) is 1.15. The fourth-order valence-corrected chi connectivity index (χ4v) is 59.1. The van der Waals surface area contributed by atoms with E-state index in [0.717, 1.165) is 48.9 Å². The molecule has 1 aliphatic carbocycles. The molecule has 1 saturated heterocycles. The Morgan fingerprint density at radius 1 is 0.900 bits per heavy atom. The second-order valence-corrected chi connectivity index (χ2v) is 28.1. The van der Waals surface area contributed by atoms with E-state index >= 15 is 0 Å². The quantitative estimate of drug-likeness (QED) is 0.506. The van der Waals surface area contributed by atoms with E-state index < -0.39 is 0 Å². The zero-order valence-electron chi connectivity index (χ0n) is 4.94. The topological polar surface area (TPSA) is 0 Å². The van der Waals surface area contributed by atoms with Crippen molar-refractivity contribution in [3.63, 3.8) is 0 Å². The van der Waals surface area contributed by atoms with Gasteiger partial charge < -0.3 is 0 Å². The van der Waals surface area contributed by atoms with Gasteiger partial charge in [0, 0.05) is 0 Å². The predicted octanol–water partition coefficient (Wildman–Crippen LogP) is -0.101. The van der Waals surface area contributed by atoms with Crippen molar-refractivity contribution in [3.05, 3.63) is 33.2 Å². The third-order valence-corrected chi connectivity index (χ3v) is 43.5. The summed E-state index contributed by atoms with van der Waals surface area (Å²) in [7, 11) is 0. The summed E-state index contributed by atoms with van der Waals surface area (Å²) in [6.45, 7) is 0. The summed E-state index contributed by atoms with van der Waals surface area (Å²) in [5.74, 6) is 0. The molecule has 0 aromatic heterocycles. The monoisotopic (exact) mass is 396 g/mol. The third kappa shape index (κ3) is 1.72. The molecule has 2 aliphatic rings. The Morgan fingerprint density at radius 3 is 2.10 bits per heavy atom. The van der Waals surface area contributed by atoms with Gasteiger partial charge in [0.25, 0.3) is 0 Å². The Kier molecular flexibility index (Phi) is 3.01. The number of hydrogen-bond acceptors (Lipinski definition) is 0. The van der Waals surface area contributed by atoms with Crippen molar-refractivity contribution in [1.82, 2.24) is 0 Å². The molecule has 0 nitrogen and oxygen atoms in total. The van der Waals surface area contributed by atoms with Crippen LogP contribution in [0.25, 0.3) is 0 Å². The van der Waals surface area contributed by atoms with Gasteiger partial charge in [-0.1, -0.05) is 0 Å². The van der Waals surface area contributed by atoms with Crippen molar-refractivity contribution in [3.8, 4) is 0 Å². The van der Waals surface area contributed by atoms with Gasteiger partial charge in [-0.05, 0) is 0 Å². The molecule has 0 atom stereocenters. The van der Waals surface area contributed by atoms with Crippen molar-refractivity contribution in [2.24, 2.45) is 0 Å². The summed E-state index contributed by atoms with van der Waals surface area (Å²) < 4.78 is 1.85. The van der Waals surface area contributed by atoms with Crippen LogP contribution in [-0.4, -0.2) is 48.9 Å². The Hall–Kier alpha value is 1.30. The number of hydrogen-bond donors (Lipinski definition) is 0. The standard InChI is InChI=1S/C6H4Se4/c1-2-4-5(3-1)6-7-9-10-8-6/h1-4H. The summed E-state index contributed by atoms with van der Waals surface area (Å²) in [4.78, 5) is 0.